The van der Waals surface area contributed by atoms with Gasteiger partial charge in [0.05, 0.1) is 13.2 Å². The molecule has 0 unspecified atom stereocenters. The molecule has 0 atom stereocenters. The third kappa shape index (κ3) is 3.89. The zero-order valence-corrected chi connectivity index (χ0v) is 14.5. The summed E-state index contributed by atoms with van der Waals surface area (Å²) in [6.07, 6.45) is 1.64. The summed E-state index contributed by atoms with van der Waals surface area (Å²) >= 11 is 0. The SMILES string of the molecule is C/C=C(\N=C(C)N1Cc2ccc(OCCOC)cc2C1=O)C(C)=O. The number of nitrogens with zero attached hydrogens (tertiary/aromatic N) is 2. The van der Waals surface area contributed by atoms with Crippen molar-refractivity contribution in [3.05, 3.63) is 41.1 Å². The van der Waals surface area contributed by atoms with E-state index < -0.39 is 0 Å². The molecule has 0 aromatic heterocycles. The van der Waals surface area contributed by atoms with Crippen LogP contribution in [0.2, 0.25) is 0 Å². The summed E-state index contributed by atoms with van der Waals surface area (Å²) in [5.41, 5.74) is 1.86. The molecule has 0 bridgehead atoms. The number of ether oxygens (including phenoxy) is 2. The highest BCUT2D eigenvalue weighted by atomic mass is 16.5. The van der Waals surface area contributed by atoms with Crippen molar-refractivity contribution in [1.82, 2.24) is 4.90 Å². The Bertz CT molecular complexity index is 707. The molecule has 0 spiro atoms. The zero-order valence-electron chi connectivity index (χ0n) is 14.5. The highest BCUT2D eigenvalue weighted by Crippen LogP contribution is 2.27. The van der Waals surface area contributed by atoms with Crippen LogP contribution in [-0.2, 0) is 16.1 Å². The van der Waals surface area contributed by atoms with Gasteiger partial charge in [0.15, 0.2) is 5.78 Å². The minimum atomic E-state index is -0.137. The van der Waals surface area contributed by atoms with Crippen molar-refractivity contribution < 1.29 is 19.1 Å². The first-order chi connectivity index (χ1) is 11.5. The Hall–Kier alpha value is -2.47. The number of Topliss-reactive ketones (excluding diaryl/α,β-unsaturated/α-hetero) is 1. The molecule has 1 aromatic carbocycles. The normalized spacial score (nSPS) is 14.8. The van der Waals surface area contributed by atoms with E-state index in [2.05, 4.69) is 4.99 Å². The maximum Gasteiger partial charge on any atom is 0.259 e. The van der Waals surface area contributed by atoms with Crippen LogP contribution in [0.5, 0.6) is 5.75 Å². The summed E-state index contributed by atoms with van der Waals surface area (Å²) < 4.78 is 10.5. The van der Waals surface area contributed by atoms with E-state index in [4.69, 9.17) is 9.47 Å². The van der Waals surface area contributed by atoms with Crippen molar-refractivity contribution in [2.45, 2.75) is 27.3 Å². The fourth-order valence-electron chi connectivity index (χ4n) is 2.46. The van der Waals surface area contributed by atoms with Gasteiger partial charge in [-0.3, -0.25) is 14.5 Å². The lowest BCUT2D eigenvalue weighted by atomic mass is 10.1. The van der Waals surface area contributed by atoms with Gasteiger partial charge < -0.3 is 9.47 Å². The number of amidine groups is 1. The van der Waals surface area contributed by atoms with E-state index in [0.717, 1.165) is 5.56 Å². The summed E-state index contributed by atoms with van der Waals surface area (Å²) in [5, 5.41) is 0. The Labute approximate surface area is 141 Å². The van der Waals surface area contributed by atoms with Crippen LogP contribution in [0.1, 0.15) is 36.7 Å². The predicted octanol–water partition coefficient (Wildman–Crippen LogP) is 2.58. The lowest BCUT2D eigenvalue weighted by Gasteiger charge is -2.15. The minimum Gasteiger partial charge on any atom is -0.491 e. The van der Waals surface area contributed by atoms with E-state index in [9.17, 15) is 9.59 Å². The number of allylic oxidation sites excluding steroid dienone is 2. The molecule has 6 heteroatoms. The van der Waals surface area contributed by atoms with Gasteiger partial charge in [0.2, 0.25) is 0 Å². The van der Waals surface area contributed by atoms with E-state index in [-0.39, 0.29) is 11.7 Å². The second kappa shape index (κ2) is 7.88. The van der Waals surface area contributed by atoms with E-state index in [1.165, 1.54) is 6.92 Å². The van der Waals surface area contributed by atoms with Gasteiger partial charge in [-0.1, -0.05) is 12.1 Å². The number of benzene rings is 1. The summed E-state index contributed by atoms with van der Waals surface area (Å²) in [6, 6.07) is 5.46. The van der Waals surface area contributed by atoms with Crippen molar-refractivity contribution in [2.24, 2.45) is 4.99 Å². The summed E-state index contributed by atoms with van der Waals surface area (Å²) in [6.45, 7) is 6.29. The van der Waals surface area contributed by atoms with E-state index >= 15 is 0 Å². The number of fused-ring (bicyclic) bond motifs is 1. The first-order valence-corrected chi connectivity index (χ1v) is 7.77. The average Bonchev–Trinajstić information content (AvgIpc) is 2.89. The molecule has 24 heavy (non-hydrogen) atoms. The summed E-state index contributed by atoms with van der Waals surface area (Å²) in [5.74, 6) is 0.868. The lowest BCUT2D eigenvalue weighted by molar-refractivity contribution is -0.113. The third-order valence-electron chi connectivity index (χ3n) is 3.75. The number of hydrogen-bond donors (Lipinski definition) is 0. The van der Waals surface area contributed by atoms with Crippen molar-refractivity contribution in [3.63, 3.8) is 0 Å². The smallest absolute Gasteiger partial charge is 0.259 e. The Morgan fingerprint density at radius 1 is 1.33 bits per heavy atom. The van der Waals surface area contributed by atoms with Crippen LogP contribution in [0.15, 0.2) is 35.0 Å². The van der Waals surface area contributed by atoms with Gasteiger partial charge in [0.1, 0.15) is 23.9 Å². The lowest BCUT2D eigenvalue weighted by Crippen LogP contribution is -2.29. The van der Waals surface area contributed by atoms with Gasteiger partial charge in [0.25, 0.3) is 5.91 Å². The Morgan fingerprint density at radius 3 is 2.71 bits per heavy atom. The molecule has 2 rings (SSSR count). The second-order valence-electron chi connectivity index (χ2n) is 5.44. The largest absolute Gasteiger partial charge is 0.491 e. The first kappa shape index (κ1) is 17.9. The fraction of sp³-hybridized carbons (Fsp3) is 0.389. The summed E-state index contributed by atoms with van der Waals surface area (Å²) in [4.78, 5) is 30.0. The highest BCUT2D eigenvalue weighted by molar-refractivity contribution is 6.10. The van der Waals surface area contributed by atoms with Crippen LogP contribution >= 0.6 is 0 Å². The average molecular weight is 330 g/mol. The molecule has 0 saturated heterocycles. The van der Waals surface area contributed by atoms with Crippen LogP contribution in [0.25, 0.3) is 0 Å². The minimum absolute atomic E-state index is 0.130. The summed E-state index contributed by atoms with van der Waals surface area (Å²) in [7, 11) is 1.61. The van der Waals surface area contributed by atoms with Crippen molar-refractivity contribution >= 4 is 17.5 Å². The highest BCUT2D eigenvalue weighted by Gasteiger charge is 2.29. The molecular formula is C18H22N2O4. The zero-order chi connectivity index (χ0) is 17.7. The van der Waals surface area contributed by atoms with Crippen molar-refractivity contribution in [2.75, 3.05) is 20.3 Å². The Balaban J connectivity index is 2.18. The molecular weight excluding hydrogens is 308 g/mol. The molecule has 0 radical (unpaired) electrons. The molecule has 6 nitrogen and oxygen atoms in total. The molecule has 1 aromatic rings. The number of carbonyl (C=O) groups is 2. The van der Waals surface area contributed by atoms with Crippen LogP contribution in [0, 0.1) is 0 Å². The van der Waals surface area contributed by atoms with Gasteiger partial charge in [-0.05, 0) is 31.5 Å². The Kier molecular flexibility index (Phi) is 5.87. The van der Waals surface area contributed by atoms with Crippen LogP contribution in [0.4, 0.5) is 0 Å². The maximum atomic E-state index is 12.6. The number of ketones is 1. The van der Waals surface area contributed by atoms with Crippen LogP contribution in [0.3, 0.4) is 0 Å². The van der Waals surface area contributed by atoms with E-state index in [1.807, 2.05) is 12.1 Å². The number of hydrogen-bond acceptors (Lipinski definition) is 5. The maximum absolute atomic E-state index is 12.6. The van der Waals surface area contributed by atoms with E-state index in [0.29, 0.717) is 42.6 Å². The number of methoxy groups -OCH3 is 1. The molecule has 1 aliphatic rings. The van der Waals surface area contributed by atoms with Gasteiger partial charge in [0, 0.05) is 19.6 Å². The quantitative estimate of drug-likeness (QED) is 0.348. The molecule has 1 aliphatic heterocycles. The van der Waals surface area contributed by atoms with Gasteiger partial charge >= 0.3 is 0 Å². The third-order valence-corrected chi connectivity index (χ3v) is 3.75. The first-order valence-electron chi connectivity index (χ1n) is 7.77. The van der Waals surface area contributed by atoms with E-state index in [1.54, 1.807) is 38.0 Å². The van der Waals surface area contributed by atoms with Crippen LogP contribution in [-0.4, -0.2) is 42.7 Å². The topological polar surface area (TPSA) is 68.2 Å². The molecule has 0 fully saturated rings. The van der Waals surface area contributed by atoms with Crippen molar-refractivity contribution in [1.29, 1.82) is 0 Å². The second-order valence-corrected chi connectivity index (χ2v) is 5.44. The van der Waals surface area contributed by atoms with Crippen LogP contribution < -0.4 is 4.74 Å². The van der Waals surface area contributed by atoms with Gasteiger partial charge in [-0.25, -0.2) is 4.99 Å². The monoisotopic (exact) mass is 330 g/mol. The number of carbonyl (C=O) groups excluding carboxylic acids is 2. The molecule has 1 amide bonds. The fourth-order valence-corrected chi connectivity index (χ4v) is 2.46. The standard InChI is InChI=1S/C18H22N2O4/c1-5-17(12(2)21)19-13(3)20-11-14-6-7-15(24-9-8-23-4)10-16(14)18(20)22/h5-7,10H,8-9,11H2,1-4H3/b17-5-,19-13?. The van der Waals surface area contributed by atoms with Gasteiger partial charge in [-0.2, -0.15) is 0 Å². The molecule has 0 N–H and O–H groups in total. The van der Waals surface area contributed by atoms with Crippen molar-refractivity contribution in [3.8, 4) is 5.75 Å². The molecule has 0 saturated carbocycles. The number of amides is 1. The predicted molar refractivity (Wildman–Crippen MR) is 91.2 cm³/mol. The number of aliphatic imine (C=N–C) groups is 1. The van der Waals surface area contributed by atoms with Gasteiger partial charge in [-0.15, -0.1) is 0 Å². The molecule has 1 heterocycles. The Morgan fingerprint density at radius 2 is 2.08 bits per heavy atom. The molecule has 0 aliphatic carbocycles. The number of rotatable bonds is 6. The molecule has 128 valence electrons.